The number of rotatable bonds is 6. The number of carbonyl (C=O) groups is 1. The highest BCUT2D eigenvalue weighted by Crippen LogP contribution is 2.27. The SMILES string of the molecule is C#CCN(C(=O)C(CC)S(C)=O)c1cn(-c2cccnc2)nc1Cl. The van der Waals surface area contributed by atoms with Crippen LogP contribution in [0.2, 0.25) is 5.15 Å². The lowest BCUT2D eigenvalue weighted by molar-refractivity contribution is -0.118. The fourth-order valence-corrected chi connectivity index (χ4v) is 3.36. The normalized spacial score (nSPS) is 13.1. The average Bonchev–Trinajstić information content (AvgIpc) is 2.95. The van der Waals surface area contributed by atoms with Gasteiger partial charge in [0.2, 0.25) is 5.91 Å². The summed E-state index contributed by atoms with van der Waals surface area (Å²) in [4.78, 5) is 18.1. The number of amides is 1. The number of pyridine rings is 1. The third-order valence-electron chi connectivity index (χ3n) is 3.42. The van der Waals surface area contributed by atoms with Crippen molar-refractivity contribution in [2.24, 2.45) is 0 Å². The van der Waals surface area contributed by atoms with Crippen molar-refractivity contribution in [2.75, 3.05) is 17.7 Å². The van der Waals surface area contributed by atoms with E-state index < -0.39 is 16.0 Å². The third kappa shape index (κ3) is 3.83. The Morgan fingerprint density at radius 2 is 2.33 bits per heavy atom. The standard InChI is InChI=1S/C16H17ClN4O2S/c1-4-9-20(16(22)14(5-2)24(3)23)13-11-21(19-15(13)17)12-7-6-8-18-10-12/h1,6-8,10-11,14H,5,9H2,2-3H3. The van der Waals surface area contributed by atoms with Gasteiger partial charge in [-0.3, -0.25) is 18.9 Å². The summed E-state index contributed by atoms with van der Waals surface area (Å²) in [7, 11) is -1.31. The summed E-state index contributed by atoms with van der Waals surface area (Å²) < 4.78 is 13.3. The molecule has 2 aromatic heterocycles. The number of carbonyl (C=O) groups excluding carboxylic acids is 1. The minimum atomic E-state index is -1.31. The third-order valence-corrected chi connectivity index (χ3v) is 5.02. The van der Waals surface area contributed by atoms with E-state index in [4.69, 9.17) is 18.0 Å². The van der Waals surface area contributed by atoms with E-state index in [2.05, 4.69) is 16.0 Å². The lowest BCUT2D eigenvalue weighted by Crippen LogP contribution is -2.41. The number of anilines is 1. The average molecular weight is 365 g/mol. The van der Waals surface area contributed by atoms with Gasteiger partial charge in [-0.1, -0.05) is 24.4 Å². The first kappa shape index (κ1) is 18.2. The molecule has 2 atom stereocenters. The Bertz CT molecular complexity index is 785. The molecule has 126 valence electrons. The predicted octanol–water partition coefficient (Wildman–Crippen LogP) is 2.04. The zero-order valence-corrected chi connectivity index (χ0v) is 14.9. The van der Waals surface area contributed by atoms with Crippen molar-refractivity contribution >= 4 is 34.0 Å². The van der Waals surface area contributed by atoms with Crippen LogP contribution in [0.4, 0.5) is 5.69 Å². The van der Waals surface area contributed by atoms with Crippen LogP contribution in [0.3, 0.4) is 0 Å². The Balaban J connectivity index is 2.42. The largest absolute Gasteiger partial charge is 0.295 e. The van der Waals surface area contributed by atoms with E-state index in [1.807, 2.05) is 6.07 Å². The van der Waals surface area contributed by atoms with Crippen LogP contribution in [0.1, 0.15) is 13.3 Å². The monoisotopic (exact) mass is 364 g/mol. The molecule has 2 rings (SSSR count). The zero-order chi connectivity index (χ0) is 17.7. The molecule has 24 heavy (non-hydrogen) atoms. The van der Waals surface area contributed by atoms with E-state index >= 15 is 0 Å². The second kappa shape index (κ2) is 8.08. The molecule has 0 saturated carbocycles. The zero-order valence-electron chi connectivity index (χ0n) is 13.3. The van der Waals surface area contributed by atoms with E-state index in [0.29, 0.717) is 17.8 Å². The summed E-state index contributed by atoms with van der Waals surface area (Å²) in [5.41, 5.74) is 1.08. The second-order valence-corrected chi connectivity index (χ2v) is 6.91. The molecule has 2 heterocycles. The van der Waals surface area contributed by atoms with Gasteiger partial charge in [-0.25, -0.2) is 4.68 Å². The highest BCUT2D eigenvalue weighted by molar-refractivity contribution is 7.85. The number of hydrogen-bond acceptors (Lipinski definition) is 4. The van der Waals surface area contributed by atoms with E-state index in [0.717, 1.165) is 0 Å². The van der Waals surface area contributed by atoms with Crippen molar-refractivity contribution in [1.82, 2.24) is 14.8 Å². The Hall–Kier alpha value is -2.17. The molecular weight excluding hydrogens is 348 g/mol. The summed E-state index contributed by atoms with van der Waals surface area (Å²) in [6.45, 7) is 1.82. The Morgan fingerprint density at radius 1 is 1.58 bits per heavy atom. The van der Waals surface area contributed by atoms with E-state index in [1.54, 1.807) is 31.6 Å². The maximum atomic E-state index is 12.7. The molecule has 0 N–H and O–H groups in total. The molecule has 0 radical (unpaired) electrons. The van der Waals surface area contributed by atoms with Gasteiger partial charge in [0.05, 0.1) is 24.6 Å². The lowest BCUT2D eigenvalue weighted by Gasteiger charge is -2.23. The van der Waals surface area contributed by atoms with Gasteiger partial charge in [-0.2, -0.15) is 5.10 Å². The van der Waals surface area contributed by atoms with Crippen LogP contribution in [0.25, 0.3) is 5.69 Å². The molecule has 0 fully saturated rings. The topological polar surface area (TPSA) is 68.1 Å². The summed E-state index contributed by atoms with van der Waals surface area (Å²) in [6, 6.07) is 3.58. The number of halogens is 1. The van der Waals surface area contributed by atoms with Crippen LogP contribution < -0.4 is 4.90 Å². The van der Waals surface area contributed by atoms with Gasteiger partial charge < -0.3 is 0 Å². The van der Waals surface area contributed by atoms with E-state index in [1.165, 1.54) is 15.8 Å². The Labute approximate surface area is 148 Å². The minimum absolute atomic E-state index is 0.0188. The van der Waals surface area contributed by atoms with Crippen LogP contribution in [-0.2, 0) is 15.6 Å². The molecule has 0 bridgehead atoms. The maximum Gasteiger partial charge on any atom is 0.243 e. The van der Waals surface area contributed by atoms with Crippen molar-refractivity contribution in [2.45, 2.75) is 18.6 Å². The van der Waals surface area contributed by atoms with Crippen LogP contribution >= 0.6 is 11.6 Å². The van der Waals surface area contributed by atoms with Crippen molar-refractivity contribution < 1.29 is 9.00 Å². The van der Waals surface area contributed by atoms with Gasteiger partial charge in [0, 0.05) is 23.3 Å². The molecule has 0 saturated heterocycles. The molecule has 2 aromatic rings. The van der Waals surface area contributed by atoms with Crippen molar-refractivity contribution in [3.63, 3.8) is 0 Å². The van der Waals surface area contributed by atoms with Crippen molar-refractivity contribution in [3.05, 3.63) is 35.9 Å². The van der Waals surface area contributed by atoms with Gasteiger partial charge in [-0.15, -0.1) is 6.42 Å². The van der Waals surface area contributed by atoms with E-state index in [9.17, 15) is 9.00 Å². The molecular formula is C16H17ClN4O2S. The first-order valence-electron chi connectivity index (χ1n) is 7.22. The summed E-state index contributed by atoms with van der Waals surface area (Å²) in [5.74, 6) is 2.11. The minimum Gasteiger partial charge on any atom is -0.295 e. The molecule has 6 nitrogen and oxygen atoms in total. The van der Waals surface area contributed by atoms with Crippen LogP contribution in [0.5, 0.6) is 0 Å². The van der Waals surface area contributed by atoms with Crippen molar-refractivity contribution in [3.8, 4) is 18.0 Å². The first-order valence-corrected chi connectivity index (χ1v) is 9.22. The van der Waals surface area contributed by atoms with Crippen LogP contribution in [-0.4, -0.2) is 42.9 Å². The number of terminal acetylenes is 1. The summed E-state index contributed by atoms with van der Waals surface area (Å²) in [5, 5.41) is 3.70. The smallest absolute Gasteiger partial charge is 0.243 e. The molecule has 0 aromatic carbocycles. The van der Waals surface area contributed by atoms with Gasteiger partial charge in [0.1, 0.15) is 10.9 Å². The lowest BCUT2D eigenvalue weighted by atomic mass is 10.2. The van der Waals surface area contributed by atoms with E-state index in [-0.39, 0.29) is 17.6 Å². The van der Waals surface area contributed by atoms with Crippen LogP contribution in [0.15, 0.2) is 30.7 Å². The summed E-state index contributed by atoms with van der Waals surface area (Å²) in [6.07, 6.45) is 12.2. The molecule has 2 unspecified atom stereocenters. The maximum absolute atomic E-state index is 12.7. The van der Waals surface area contributed by atoms with Crippen molar-refractivity contribution in [1.29, 1.82) is 0 Å². The molecule has 8 heteroatoms. The number of nitrogens with zero attached hydrogens (tertiary/aromatic N) is 4. The quantitative estimate of drug-likeness (QED) is 0.736. The van der Waals surface area contributed by atoms with Gasteiger partial charge in [0.25, 0.3) is 0 Å². The fraction of sp³-hybridized carbons (Fsp3) is 0.312. The molecule has 0 aliphatic carbocycles. The predicted molar refractivity (Wildman–Crippen MR) is 95.7 cm³/mol. The molecule has 0 aliphatic heterocycles. The summed E-state index contributed by atoms with van der Waals surface area (Å²) >= 11 is 6.21. The Morgan fingerprint density at radius 3 is 2.88 bits per heavy atom. The van der Waals surface area contributed by atoms with Gasteiger partial charge in [-0.05, 0) is 18.6 Å². The Kier molecular flexibility index (Phi) is 6.12. The second-order valence-electron chi connectivity index (χ2n) is 4.98. The number of aromatic nitrogens is 3. The highest BCUT2D eigenvalue weighted by atomic mass is 35.5. The van der Waals surface area contributed by atoms with Gasteiger partial charge in [0.15, 0.2) is 5.15 Å². The molecule has 0 aliphatic rings. The van der Waals surface area contributed by atoms with Gasteiger partial charge >= 0.3 is 0 Å². The number of hydrogen-bond donors (Lipinski definition) is 0. The first-order chi connectivity index (χ1) is 11.5. The van der Waals surface area contributed by atoms with Crippen LogP contribution in [0, 0.1) is 12.3 Å². The molecule has 0 spiro atoms. The molecule has 1 amide bonds. The highest BCUT2D eigenvalue weighted by Gasteiger charge is 2.29. The fourth-order valence-electron chi connectivity index (χ4n) is 2.24.